The fourth-order valence-electron chi connectivity index (χ4n) is 2.12. The highest BCUT2D eigenvalue weighted by Crippen LogP contribution is 2.25. The summed E-state index contributed by atoms with van der Waals surface area (Å²) in [6.45, 7) is 0. The Morgan fingerprint density at radius 1 is 1.11 bits per heavy atom. The molecule has 2 N–H and O–H groups in total. The van der Waals surface area contributed by atoms with Gasteiger partial charge in [0.15, 0.2) is 0 Å². The molecule has 3 aromatic rings. The zero-order chi connectivity index (χ0) is 13.4. The molecule has 96 valence electrons. The van der Waals surface area contributed by atoms with Crippen molar-refractivity contribution in [3.05, 3.63) is 71.6 Å². The lowest BCUT2D eigenvalue weighted by Crippen LogP contribution is -2.13. The lowest BCUT2D eigenvalue weighted by atomic mass is 10.0. The summed E-state index contributed by atoms with van der Waals surface area (Å²) in [5.74, 6) is -1.27. The van der Waals surface area contributed by atoms with E-state index < -0.39 is 17.7 Å². The molecule has 2 heterocycles. The third kappa shape index (κ3) is 1.98. The maximum absolute atomic E-state index is 13.7. The van der Waals surface area contributed by atoms with E-state index in [4.69, 9.17) is 5.73 Å². The molecule has 5 heteroatoms. The lowest BCUT2D eigenvalue weighted by molar-refractivity contribution is 0.566. The highest BCUT2D eigenvalue weighted by molar-refractivity contribution is 5.57. The zero-order valence-electron chi connectivity index (χ0n) is 9.92. The van der Waals surface area contributed by atoms with E-state index in [1.54, 1.807) is 16.9 Å². The number of hydrogen-bond acceptors (Lipinski definition) is 2. The number of rotatable bonds is 2. The van der Waals surface area contributed by atoms with Gasteiger partial charge in [-0.15, -0.1) is 0 Å². The van der Waals surface area contributed by atoms with Crippen molar-refractivity contribution in [3.63, 3.8) is 0 Å². The van der Waals surface area contributed by atoms with Gasteiger partial charge in [-0.1, -0.05) is 12.1 Å². The van der Waals surface area contributed by atoms with Gasteiger partial charge in [0.2, 0.25) is 0 Å². The third-order valence-corrected chi connectivity index (χ3v) is 3.09. The minimum atomic E-state index is -0.680. The Hall–Kier alpha value is -2.27. The summed E-state index contributed by atoms with van der Waals surface area (Å²) in [6.07, 6.45) is 3.38. The summed E-state index contributed by atoms with van der Waals surface area (Å²) in [5, 5.41) is 4.15. The Kier molecular flexibility index (Phi) is 2.76. The number of hydrogen-bond donors (Lipinski definition) is 1. The Morgan fingerprint density at radius 3 is 2.74 bits per heavy atom. The molecule has 0 bridgehead atoms. The van der Waals surface area contributed by atoms with Crippen LogP contribution in [-0.4, -0.2) is 9.61 Å². The van der Waals surface area contributed by atoms with Crippen LogP contribution in [0.4, 0.5) is 8.78 Å². The molecule has 0 amide bonds. The van der Waals surface area contributed by atoms with Gasteiger partial charge in [-0.3, -0.25) is 0 Å². The predicted molar refractivity (Wildman–Crippen MR) is 67.6 cm³/mol. The molecule has 3 nitrogen and oxygen atoms in total. The van der Waals surface area contributed by atoms with Gasteiger partial charge in [-0.05, 0) is 18.2 Å². The molecule has 0 aliphatic heterocycles. The molecule has 0 aliphatic rings. The number of pyridine rings is 1. The van der Waals surface area contributed by atoms with Crippen LogP contribution in [0.25, 0.3) is 5.52 Å². The van der Waals surface area contributed by atoms with Crippen molar-refractivity contribution >= 4 is 5.52 Å². The first-order valence-electron chi connectivity index (χ1n) is 5.79. The van der Waals surface area contributed by atoms with Crippen molar-refractivity contribution in [1.29, 1.82) is 0 Å². The van der Waals surface area contributed by atoms with Gasteiger partial charge in [-0.25, -0.2) is 13.3 Å². The minimum Gasteiger partial charge on any atom is -0.320 e. The van der Waals surface area contributed by atoms with Crippen molar-refractivity contribution in [2.24, 2.45) is 5.73 Å². The first kappa shape index (κ1) is 11.8. The van der Waals surface area contributed by atoms with Crippen LogP contribution in [0.15, 0.2) is 48.8 Å². The van der Waals surface area contributed by atoms with E-state index in [0.29, 0.717) is 5.56 Å². The van der Waals surface area contributed by atoms with Crippen molar-refractivity contribution in [3.8, 4) is 0 Å². The number of aromatic nitrogens is 2. The first-order chi connectivity index (χ1) is 9.16. The molecule has 2 aromatic heterocycles. The summed E-state index contributed by atoms with van der Waals surface area (Å²) in [6, 6.07) is 8.26. The van der Waals surface area contributed by atoms with Crippen molar-refractivity contribution in [1.82, 2.24) is 9.61 Å². The van der Waals surface area contributed by atoms with Crippen molar-refractivity contribution < 1.29 is 8.78 Å². The second-order valence-corrected chi connectivity index (χ2v) is 4.27. The Bertz CT molecular complexity index is 736. The molecule has 0 spiro atoms. The van der Waals surface area contributed by atoms with Gasteiger partial charge in [0.1, 0.15) is 11.6 Å². The molecule has 1 atom stereocenters. The van der Waals surface area contributed by atoms with Crippen LogP contribution in [0, 0.1) is 11.6 Å². The van der Waals surface area contributed by atoms with Crippen LogP contribution in [0.3, 0.4) is 0 Å². The van der Waals surface area contributed by atoms with Crippen molar-refractivity contribution in [2.45, 2.75) is 6.04 Å². The number of halogens is 2. The molecular formula is C14H11F2N3. The number of nitrogens with zero attached hydrogens (tertiary/aromatic N) is 2. The summed E-state index contributed by atoms with van der Waals surface area (Å²) >= 11 is 0. The fourth-order valence-corrected chi connectivity index (χ4v) is 2.12. The quantitative estimate of drug-likeness (QED) is 0.768. The van der Waals surface area contributed by atoms with Gasteiger partial charge >= 0.3 is 0 Å². The van der Waals surface area contributed by atoms with E-state index in [-0.39, 0.29) is 5.56 Å². The average molecular weight is 259 g/mol. The summed E-state index contributed by atoms with van der Waals surface area (Å²) in [5.41, 5.74) is 7.82. The molecule has 3 rings (SSSR count). The van der Waals surface area contributed by atoms with Crippen molar-refractivity contribution in [2.75, 3.05) is 0 Å². The fraction of sp³-hybridized carbons (Fsp3) is 0.0714. The molecular weight excluding hydrogens is 248 g/mol. The zero-order valence-corrected chi connectivity index (χ0v) is 9.92. The normalized spacial score (nSPS) is 12.8. The van der Waals surface area contributed by atoms with E-state index in [1.807, 2.05) is 18.2 Å². The predicted octanol–water partition coefficient (Wildman–Crippen LogP) is 2.66. The minimum absolute atomic E-state index is 0.250. The number of benzene rings is 1. The molecule has 0 fully saturated rings. The van der Waals surface area contributed by atoms with Crippen LogP contribution in [0.5, 0.6) is 0 Å². The Morgan fingerprint density at radius 2 is 1.95 bits per heavy atom. The Balaban J connectivity index is 2.10. The lowest BCUT2D eigenvalue weighted by Gasteiger charge is -2.12. The SMILES string of the molecule is NC(c1ccc(F)cc1F)c1cnn2ccccc12. The topological polar surface area (TPSA) is 43.3 Å². The standard InChI is InChI=1S/C14H11F2N3/c15-9-4-5-10(12(16)7-9)14(17)11-8-18-19-6-2-1-3-13(11)19/h1-8,14H,17H2. The maximum Gasteiger partial charge on any atom is 0.131 e. The highest BCUT2D eigenvalue weighted by Gasteiger charge is 2.17. The number of nitrogens with two attached hydrogens (primary N) is 1. The molecule has 0 aliphatic carbocycles. The van der Waals surface area contributed by atoms with Crippen LogP contribution in [0.2, 0.25) is 0 Å². The van der Waals surface area contributed by atoms with Gasteiger partial charge in [0.05, 0.1) is 17.8 Å². The molecule has 1 unspecified atom stereocenters. The van der Waals surface area contributed by atoms with Gasteiger partial charge in [-0.2, -0.15) is 5.10 Å². The molecule has 0 radical (unpaired) electrons. The molecule has 1 aromatic carbocycles. The molecule has 0 saturated heterocycles. The van der Waals surface area contributed by atoms with E-state index in [0.717, 1.165) is 11.6 Å². The highest BCUT2D eigenvalue weighted by atomic mass is 19.1. The van der Waals surface area contributed by atoms with Crippen LogP contribution in [0.1, 0.15) is 17.2 Å². The average Bonchev–Trinajstić information content (AvgIpc) is 2.82. The van der Waals surface area contributed by atoms with E-state index >= 15 is 0 Å². The van der Waals surface area contributed by atoms with E-state index in [9.17, 15) is 8.78 Å². The van der Waals surface area contributed by atoms with Crippen LogP contribution >= 0.6 is 0 Å². The third-order valence-electron chi connectivity index (χ3n) is 3.09. The van der Waals surface area contributed by atoms with Gasteiger partial charge in [0.25, 0.3) is 0 Å². The summed E-state index contributed by atoms with van der Waals surface area (Å²) < 4.78 is 28.3. The largest absolute Gasteiger partial charge is 0.320 e. The molecule has 0 saturated carbocycles. The van der Waals surface area contributed by atoms with Gasteiger partial charge in [0, 0.05) is 23.4 Å². The van der Waals surface area contributed by atoms with Crippen LogP contribution in [-0.2, 0) is 0 Å². The first-order valence-corrected chi connectivity index (χ1v) is 5.79. The number of fused-ring (bicyclic) bond motifs is 1. The molecule has 19 heavy (non-hydrogen) atoms. The van der Waals surface area contributed by atoms with Crippen LogP contribution < -0.4 is 5.73 Å². The summed E-state index contributed by atoms with van der Waals surface area (Å²) in [7, 11) is 0. The monoisotopic (exact) mass is 259 g/mol. The van der Waals surface area contributed by atoms with Gasteiger partial charge < -0.3 is 5.73 Å². The van der Waals surface area contributed by atoms with E-state index in [2.05, 4.69) is 5.10 Å². The second kappa shape index (κ2) is 4.44. The summed E-state index contributed by atoms with van der Waals surface area (Å²) in [4.78, 5) is 0. The Labute approximate surface area is 108 Å². The second-order valence-electron chi connectivity index (χ2n) is 4.27. The smallest absolute Gasteiger partial charge is 0.131 e. The maximum atomic E-state index is 13.7. The van der Waals surface area contributed by atoms with E-state index in [1.165, 1.54) is 12.1 Å².